The Hall–Kier alpha value is -2.34. The maximum absolute atomic E-state index is 12.0. The van der Waals surface area contributed by atoms with Crippen molar-refractivity contribution in [2.75, 3.05) is 13.1 Å². The van der Waals surface area contributed by atoms with E-state index in [1.165, 1.54) is 12.1 Å². The molecule has 2 aromatic rings. The van der Waals surface area contributed by atoms with Gasteiger partial charge in [-0.15, -0.1) is 11.3 Å². The Balaban J connectivity index is 1.70. The number of carbonyl (C=O) groups excluding carboxylic acids is 2. The lowest BCUT2D eigenvalue weighted by atomic mass is 10.2. The van der Waals surface area contributed by atoms with E-state index in [2.05, 4.69) is 10.6 Å². The van der Waals surface area contributed by atoms with Crippen molar-refractivity contribution < 1.29 is 14.7 Å². The van der Waals surface area contributed by atoms with Crippen molar-refractivity contribution in [3.05, 3.63) is 51.2 Å². The van der Waals surface area contributed by atoms with E-state index in [-0.39, 0.29) is 17.6 Å². The molecule has 0 atom stereocenters. The van der Waals surface area contributed by atoms with Gasteiger partial charge in [0.1, 0.15) is 5.75 Å². The third-order valence-corrected chi connectivity index (χ3v) is 4.28. The lowest BCUT2D eigenvalue weighted by Gasteiger charge is -2.07. The minimum absolute atomic E-state index is 0.0614. The number of rotatable bonds is 6. The van der Waals surface area contributed by atoms with Crippen LogP contribution in [0.4, 0.5) is 0 Å². The number of amides is 2. The number of hydrogen-bond donors (Lipinski definition) is 3. The maximum atomic E-state index is 12.0. The van der Waals surface area contributed by atoms with Crippen molar-refractivity contribution in [3.8, 4) is 5.75 Å². The molecule has 0 saturated heterocycles. The molecule has 0 fully saturated rings. The normalized spacial score (nSPS) is 10.3. The van der Waals surface area contributed by atoms with Gasteiger partial charge in [0.2, 0.25) is 0 Å². The van der Waals surface area contributed by atoms with Crippen molar-refractivity contribution >= 4 is 23.2 Å². The van der Waals surface area contributed by atoms with Gasteiger partial charge in [-0.3, -0.25) is 9.59 Å². The highest BCUT2D eigenvalue weighted by Gasteiger charge is 2.11. The van der Waals surface area contributed by atoms with Crippen LogP contribution in [-0.4, -0.2) is 30.0 Å². The van der Waals surface area contributed by atoms with Crippen LogP contribution >= 0.6 is 11.3 Å². The average Bonchev–Trinajstić information content (AvgIpc) is 2.85. The number of phenols is 1. The smallest absolute Gasteiger partial charge is 0.252 e. The SMILES string of the molecule is Cc1cc(C(=O)NCCCNC(=O)c2cccc(O)c2)c(C)s1. The molecule has 0 aliphatic carbocycles. The molecular formula is C17H20N2O3S. The summed E-state index contributed by atoms with van der Waals surface area (Å²) in [5, 5.41) is 14.9. The predicted octanol–water partition coefficient (Wildman–Crippen LogP) is 2.62. The summed E-state index contributed by atoms with van der Waals surface area (Å²) in [5.74, 6) is -0.256. The molecule has 0 unspecified atom stereocenters. The summed E-state index contributed by atoms with van der Waals surface area (Å²) in [6, 6.07) is 8.08. The van der Waals surface area contributed by atoms with Crippen LogP contribution in [0, 0.1) is 13.8 Å². The molecule has 0 spiro atoms. The molecule has 6 heteroatoms. The summed E-state index contributed by atoms with van der Waals surface area (Å²) >= 11 is 1.61. The molecule has 2 amide bonds. The first kappa shape index (κ1) is 17.0. The first-order valence-electron chi connectivity index (χ1n) is 7.40. The van der Waals surface area contributed by atoms with Crippen LogP contribution in [0.25, 0.3) is 0 Å². The van der Waals surface area contributed by atoms with E-state index in [1.807, 2.05) is 19.9 Å². The fourth-order valence-electron chi connectivity index (χ4n) is 2.19. The van der Waals surface area contributed by atoms with Gasteiger partial charge in [0.05, 0.1) is 5.56 Å². The number of hydrogen-bond acceptors (Lipinski definition) is 4. The predicted molar refractivity (Wildman–Crippen MR) is 91.2 cm³/mol. The molecule has 122 valence electrons. The second-order valence-corrected chi connectivity index (χ2v) is 6.70. The zero-order valence-electron chi connectivity index (χ0n) is 13.2. The van der Waals surface area contributed by atoms with Crippen LogP contribution in [0.5, 0.6) is 5.75 Å². The van der Waals surface area contributed by atoms with Crippen LogP contribution in [0.1, 0.15) is 36.9 Å². The van der Waals surface area contributed by atoms with Crippen LogP contribution in [0.3, 0.4) is 0 Å². The molecule has 1 aromatic carbocycles. The number of benzene rings is 1. The van der Waals surface area contributed by atoms with Crippen molar-refractivity contribution in [2.24, 2.45) is 0 Å². The van der Waals surface area contributed by atoms with Gasteiger partial charge >= 0.3 is 0 Å². The minimum Gasteiger partial charge on any atom is -0.508 e. The number of aryl methyl sites for hydroxylation is 2. The molecule has 1 heterocycles. The Morgan fingerprint density at radius 1 is 1.09 bits per heavy atom. The van der Waals surface area contributed by atoms with Crippen LogP contribution in [0.15, 0.2) is 30.3 Å². The first-order valence-corrected chi connectivity index (χ1v) is 8.21. The fraction of sp³-hybridized carbons (Fsp3) is 0.294. The summed E-state index contributed by atoms with van der Waals surface area (Å²) in [4.78, 5) is 26.0. The van der Waals surface area contributed by atoms with Gasteiger partial charge in [0.15, 0.2) is 0 Å². The monoisotopic (exact) mass is 332 g/mol. The number of nitrogens with one attached hydrogen (secondary N) is 2. The fourth-order valence-corrected chi connectivity index (χ4v) is 3.11. The lowest BCUT2D eigenvalue weighted by Crippen LogP contribution is -2.29. The molecule has 3 N–H and O–H groups in total. The summed E-state index contributed by atoms with van der Waals surface area (Å²) in [6.45, 7) is 4.86. The van der Waals surface area contributed by atoms with E-state index in [0.717, 1.165) is 15.3 Å². The topological polar surface area (TPSA) is 78.4 Å². The van der Waals surface area contributed by atoms with Crippen LogP contribution in [-0.2, 0) is 0 Å². The third kappa shape index (κ3) is 4.82. The van der Waals surface area contributed by atoms with Crippen molar-refractivity contribution in [2.45, 2.75) is 20.3 Å². The average molecular weight is 332 g/mol. The number of carbonyl (C=O) groups is 2. The zero-order chi connectivity index (χ0) is 16.8. The Morgan fingerprint density at radius 3 is 2.39 bits per heavy atom. The molecule has 0 bridgehead atoms. The van der Waals surface area contributed by atoms with Crippen molar-refractivity contribution in [1.82, 2.24) is 10.6 Å². The van der Waals surface area contributed by atoms with Gasteiger partial charge in [-0.25, -0.2) is 0 Å². The summed E-state index contributed by atoms with van der Waals surface area (Å²) < 4.78 is 0. The summed E-state index contributed by atoms with van der Waals surface area (Å²) in [5.41, 5.74) is 1.13. The number of thiophene rings is 1. The Labute approximate surface area is 139 Å². The molecular weight excluding hydrogens is 312 g/mol. The van der Waals surface area contributed by atoms with Crippen molar-refractivity contribution in [3.63, 3.8) is 0 Å². The molecule has 23 heavy (non-hydrogen) atoms. The lowest BCUT2D eigenvalue weighted by molar-refractivity contribution is 0.0951. The Bertz CT molecular complexity index is 710. The number of phenolic OH excluding ortho intramolecular Hbond substituents is 1. The quantitative estimate of drug-likeness (QED) is 0.712. The Kier molecular flexibility index (Phi) is 5.76. The molecule has 0 radical (unpaired) electrons. The van der Waals surface area contributed by atoms with E-state index < -0.39 is 0 Å². The molecule has 0 aliphatic rings. The van der Waals surface area contributed by atoms with Gasteiger partial charge in [0.25, 0.3) is 11.8 Å². The second-order valence-electron chi connectivity index (χ2n) is 5.24. The summed E-state index contributed by atoms with van der Waals surface area (Å²) in [6.07, 6.45) is 0.637. The maximum Gasteiger partial charge on any atom is 0.252 e. The van der Waals surface area contributed by atoms with Gasteiger partial charge in [-0.1, -0.05) is 6.07 Å². The number of aromatic hydroxyl groups is 1. The van der Waals surface area contributed by atoms with Gasteiger partial charge in [-0.05, 0) is 44.5 Å². The second kappa shape index (κ2) is 7.78. The largest absolute Gasteiger partial charge is 0.508 e. The standard InChI is InChI=1S/C17H20N2O3S/c1-11-9-15(12(2)23-11)17(22)19-8-4-7-18-16(21)13-5-3-6-14(20)10-13/h3,5-6,9-10,20H,4,7-8H2,1-2H3,(H,18,21)(H,19,22). The van der Waals surface area contributed by atoms with Gasteiger partial charge in [-0.2, -0.15) is 0 Å². The molecule has 0 aliphatic heterocycles. The van der Waals surface area contributed by atoms with Crippen molar-refractivity contribution in [1.29, 1.82) is 0 Å². The van der Waals surface area contributed by atoms with Gasteiger partial charge < -0.3 is 15.7 Å². The van der Waals surface area contributed by atoms with E-state index in [4.69, 9.17) is 0 Å². The highest BCUT2D eigenvalue weighted by atomic mass is 32.1. The zero-order valence-corrected chi connectivity index (χ0v) is 14.0. The highest BCUT2D eigenvalue weighted by Crippen LogP contribution is 2.20. The summed E-state index contributed by atoms with van der Waals surface area (Å²) in [7, 11) is 0. The molecule has 1 aromatic heterocycles. The third-order valence-electron chi connectivity index (χ3n) is 3.32. The van der Waals surface area contributed by atoms with E-state index in [1.54, 1.807) is 23.5 Å². The van der Waals surface area contributed by atoms with E-state index in [9.17, 15) is 14.7 Å². The molecule has 2 rings (SSSR count). The minimum atomic E-state index is -0.239. The first-order chi connectivity index (χ1) is 11.0. The van der Waals surface area contributed by atoms with Gasteiger partial charge in [0, 0.05) is 28.4 Å². The molecule has 5 nitrogen and oxygen atoms in total. The van der Waals surface area contributed by atoms with Crippen LogP contribution in [0.2, 0.25) is 0 Å². The van der Waals surface area contributed by atoms with E-state index in [0.29, 0.717) is 25.1 Å². The van der Waals surface area contributed by atoms with E-state index >= 15 is 0 Å². The van der Waals surface area contributed by atoms with Crippen LogP contribution < -0.4 is 10.6 Å². The Morgan fingerprint density at radius 2 is 1.78 bits per heavy atom. The molecule has 0 saturated carbocycles. The highest BCUT2D eigenvalue weighted by molar-refractivity contribution is 7.12.